The number of hydrogen-bond acceptors (Lipinski definition) is 1. The number of nitrogens with two attached hydrogens (primary N) is 1. The van der Waals surface area contributed by atoms with Gasteiger partial charge in [-0.05, 0) is 24.3 Å². The van der Waals surface area contributed by atoms with E-state index in [1.807, 2.05) is 0 Å². The molecule has 1 nitrogen and oxygen atoms in total. The predicted octanol–water partition coefficient (Wildman–Crippen LogP) is 2.72. The van der Waals surface area contributed by atoms with Gasteiger partial charge in [-0.1, -0.05) is 11.6 Å². The van der Waals surface area contributed by atoms with Crippen molar-refractivity contribution in [1.82, 2.24) is 0 Å². The Morgan fingerprint density at radius 2 is 1.50 bits per heavy atom. The summed E-state index contributed by atoms with van der Waals surface area (Å²) < 4.78 is 0. The molecule has 1 aromatic carbocycles. The maximum atomic E-state index is 5.56. The highest BCUT2D eigenvalue weighted by atomic mass is 35.5. The fourth-order valence-electron chi connectivity index (χ4n) is 0.463. The summed E-state index contributed by atoms with van der Waals surface area (Å²) in [6.07, 6.45) is 0. The van der Waals surface area contributed by atoms with Gasteiger partial charge in [-0.3, -0.25) is 0 Å². The van der Waals surface area contributed by atoms with Crippen molar-refractivity contribution in [3.8, 4) is 0 Å². The molecule has 2 heteroatoms. The summed E-state index contributed by atoms with van der Waals surface area (Å²) in [7, 11) is 0. The Morgan fingerprint density at radius 1 is 1.10 bits per heavy atom. The molecule has 0 aliphatic carbocycles. The molecule has 0 saturated heterocycles. The standard InChI is InChI=1S/C6H6ClN.C2H4/c7-5-1-3-6(8)4-2-5;1-2/h1-4H,8H2;1-2H2. The molecule has 0 fully saturated rings. The molecular weight excluding hydrogens is 146 g/mol. The molecule has 0 aliphatic heterocycles. The fraction of sp³-hybridized carbons (Fsp3) is 0. The van der Waals surface area contributed by atoms with E-state index in [9.17, 15) is 0 Å². The van der Waals surface area contributed by atoms with Crippen LogP contribution in [0.15, 0.2) is 37.4 Å². The van der Waals surface area contributed by atoms with Crippen molar-refractivity contribution in [3.63, 3.8) is 0 Å². The molecule has 1 rings (SSSR count). The van der Waals surface area contributed by atoms with Gasteiger partial charge in [-0.15, -0.1) is 13.2 Å². The minimum atomic E-state index is 0.721. The van der Waals surface area contributed by atoms with Gasteiger partial charge in [0.05, 0.1) is 0 Å². The first-order chi connectivity index (χ1) is 4.79. The first kappa shape index (κ1) is 9.05. The van der Waals surface area contributed by atoms with Crippen LogP contribution in [0.1, 0.15) is 0 Å². The maximum absolute atomic E-state index is 5.56. The molecule has 2 N–H and O–H groups in total. The van der Waals surface area contributed by atoms with Crippen LogP contribution in [0.3, 0.4) is 0 Å². The van der Waals surface area contributed by atoms with Crippen LogP contribution in [-0.2, 0) is 0 Å². The zero-order valence-electron chi connectivity index (χ0n) is 5.68. The number of hydrogen-bond donors (Lipinski definition) is 1. The lowest BCUT2D eigenvalue weighted by atomic mass is 10.3. The van der Waals surface area contributed by atoms with Crippen LogP contribution in [0.5, 0.6) is 0 Å². The van der Waals surface area contributed by atoms with Gasteiger partial charge in [0.25, 0.3) is 0 Å². The average molecular weight is 156 g/mol. The van der Waals surface area contributed by atoms with Crippen LogP contribution in [0, 0.1) is 0 Å². The number of rotatable bonds is 0. The Morgan fingerprint density at radius 3 is 1.80 bits per heavy atom. The molecular formula is C8H10ClN. The highest BCUT2D eigenvalue weighted by molar-refractivity contribution is 6.30. The van der Waals surface area contributed by atoms with Crippen molar-refractivity contribution in [1.29, 1.82) is 0 Å². The van der Waals surface area contributed by atoms with Gasteiger partial charge in [0.1, 0.15) is 0 Å². The topological polar surface area (TPSA) is 26.0 Å². The molecule has 0 heterocycles. The molecule has 0 bridgehead atoms. The molecule has 0 amide bonds. The Hall–Kier alpha value is -0.950. The summed E-state index contributed by atoms with van der Waals surface area (Å²) in [4.78, 5) is 0. The fourth-order valence-corrected chi connectivity index (χ4v) is 0.589. The van der Waals surface area contributed by atoms with Crippen molar-refractivity contribution in [3.05, 3.63) is 42.4 Å². The van der Waals surface area contributed by atoms with Gasteiger partial charge in [0.2, 0.25) is 0 Å². The van der Waals surface area contributed by atoms with Gasteiger partial charge in [-0.2, -0.15) is 0 Å². The molecule has 0 radical (unpaired) electrons. The molecule has 0 aliphatic rings. The van der Waals surface area contributed by atoms with Crippen LogP contribution in [0.2, 0.25) is 5.02 Å². The van der Waals surface area contributed by atoms with Gasteiger partial charge >= 0.3 is 0 Å². The van der Waals surface area contributed by atoms with E-state index >= 15 is 0 Å². The van der Waals surface area contributed by atoms with Crippen LogP contribution in [0.4, 0.5) is 5.69 Å². The third kappa shape index (κ3) is 3.15. The summed E-state index contributed by atoms with van der Waals surface area (Å²) in [5.74, 6) is 0. The second-order valence-corrected chi connectivity index (χ2v) is 1.99. The lowest BCUT2D eigenvalue weighted by molar-refractivity contribution is 1.69. The van der Waals surface area contributed by atoms with Crippen molar-refractivity contribution in [2.24, 2.45) is 0 Å². The van der Waals surface area contributed by atoms with E-state index in [0.29, 0.717) is 0 Å². The maximum Gasteiger partial charge on any atom is 0.0407 e. The number of anilines is 1. The van der Waals surface area contributed by atoms with E-state index < -0.39 is 0 Å². The molecule has 0 atom stereocenters. The summed E-state index contributed by atoms with van der Waals surface area (Å²) >= 11 is 5.56. The Bertz CT molecular complexity index is 160. The zero-order valence-corrected chi connectivity index (χ0v) is 6.43. The second-order valence-electron chi connectivity index (χ2n) is 1.55. The van der Waals surface area contributed by atoms with Crippen molar-refractivity contribution in [2.75, 3.05) is 5.73 Å². The summed E-state index contributed by atoms with van der Waals surface area (Å²) in [6.45, 7) is 6.00. The van der Waals surface area contributed by atoms with Gasteiger partial charge in [0.15, 0.2) is 0 Å². The zero-order chi connectivity index (χ0) is 7.98. The molecule has 1 aromatic rings. The smallest absolute Gasteiger partial charge is 0.0407 e. The summed E-state index contributed by atoms with van der Waals surface area (Å²) in [6, 6.07) is 7.05. The Kier molecular flexibility index (Phi) is 4.42. The summed E-state index contributed by atoms with van der Waals surface area (Å²) in [5, 5.41) is 0.721. The van der Waals surface area contributed by atoms with E-state index in [4.69, 9.17) is 17.3 Å². The summed E-state index contributed by atoms with van der Waals surface area (Å²) in [5.41, 5.74) is 6.11. The first-order valence-corrected chi connectivity index (χ1v) is 3.18. The molecule has 0 spiro atoms. The van der Waals surface area contributed by atoms with Gasteiger partial charge in [0, 0.05) is 10.7 Å². The van der Waals surface area contributed by atoms with Crippen LogP contribution >= 0.6 is 11.6 Å². The van der Waals surface area contributed by atoms with E-state index in [1.54, 1.807) is 24.3 Å². The molecule has 0 saturated carbocycles. The van der Waals surface area contributed by atoms with Crippen LogP contribution in [0.25, 0.3) is 0 Å². The van der Waals surface area contributed by atoms with E-state index in [2.05, 4.69) is 13.2 Å². The number of halogens is 1. The Balaban J connectivity index is 0.000000371. The molecule has 54 valence electrons. The van der Waals surface area contributed by atoms with Crippen molar-refractivity contribution in [2.45, 2.75) is 0 Å². The van der Waals surface area contributed by atoms with Crippen LogP contribution < -0.4 is 5.73 Å². The second kappa shape index (κ2) is 4.89. The molecule has 0 unspecified atom stereocenters. The van der Waals surface area contributed by atoms with E-state index in [0.717, 1.165) is 10.7 Å². The third-order valence-corrected chi connectivity index (χ3v) is 1.12. The highest BCUT2D eigenvalue weighted by Crippen LogP contribution is 2.09. The monoisotopic (exact) mass is 155 g/mol. The number of benzene rings is 1. The van der Waals surface area contributed by atoms with E-state index in [-0.39, 0.29) is 0 Å². The average Bonchev–Trinajstić information content (AvgIpc) is 2.00. The predicted molar refractivity (Wildman–Crippen MR) is 47.1 cm³/mol. The largest absolute Gasteiger partial charge is 0.399 e. The lowest BCUT2D eigenvalue weighted by Gasteiger charge is -1.88. The molecule has 10 heavy (non-hydrogen) atoms. The normalized spacial score (nSPS) is 7.70. The minimum absolute atomic E-state index is 0.721. The number of nitrogen functional groups attached to an aromatic ring is 1. The van der Waals surface area contributed by atoms with Crippen molar-refractivity contribution >= 4 is 17.3 Å². The van der Waals surface area contributed by atoms with Gasteiger partial charge < -0.3 is 5.73 Å². The van der Waals surface area contributed by atoms with Gasteiger partial charge in [-0.25, -0.2) is 0 Å². The Labute approximate surface area is 66.1 Å². The first-order valence-electron chi connectivity index (χ1n) is 2.80. The highest BCUT2D eigenvalue weighted by Gasteiger charge is 1.82. The SMILES string of the molecule is C=C.Nc1ccc(Cl)cc1. The van der Waals surface area contributed by atoms with Crippen molar-refractivity contribution < 1.29 is 0 Å². The van der Waals surface area contributed by atoms with Crippen LogP contribution in [-0.4, -0.2) is 0 Å². The third-order valence-electron chi connectivity index (χ3n) is 0.870. The quantitative estimate of drug-likeness (QED) is 0.453. The lowest BCUT2D eigenvalue weighted by Crippen LogP contribution is -1.80. The minimum Gasteiger partial charge on any atom is -0.399 e. The molecule has 0 aromatic heterocycles. The van der Waals surface area contributed by atoms with E-state index in [1.165, 1.54) is 0 Å².